The summed E-state index contributed by atoms with van der Waals surface area (Å²) < 4.78 is 0. The van der Waals surface area contributed by atoms with Gasteiger partial charge in [-0.3, -0.25) is 4.79 Å². The standard InChI is InChI=1S/C13H26N2O/c1-11(2)6-7-13(16)15-10-8-12-5-3-4-9-14-12/h11-12,14H,3-10H2,1-2H3,(H,15,16). The minimum Gasteiger partial charge on any atom is -0.356 e. The van der Waals surface area contributed by atoms with Gasteiger partial charge in [-0.05, 0) is 38.1 Å². The van der Waals surface area contributed by atoms with Crippen molar-refractivity contribution in [3.63, 3.8) is 0 Å². The zero-order valence-electron chi connectivity index (χ0n) is 10.7. The highest BCUT2D eigenvalue weighted by Crippen LogP contribution is 2.09. The lowest BCUT2D eigenvalue weighted by Gasteiger charge is -2.23. The molecule has 3 nitrogen and oxygen atoms in total. The highest BCUT2D eigenvalue weighted by molar-refractivity contribution is 5.75. The average molecular weight is 226 g/mol. The Morgan fingerprint density at radius 2 is 2.25 bits per heavy atom. The second-order valence-electron chi connectivity index (χ2n) is 5.22. The van der Waals surface area contributed by atoms with E-state index < -0.39 is 0 Å². The molecule has 0 bridgehead atoms. The Bertz CT molecular complexity index is 198. The van der Waals surface area contributed by atoms with Gasteiger partial charge in [0.15, 0.2) is 0 Å². The minimum absolute atomic E-state index is 0.213. The summed E-state index contributed by atoms with van der Waals surface area (Å²) in [4.78, 5) is 11.5. The molecule has 1 aliphatic rings. The summed E-state index contributed by atoms with van der Waals surface area (Å²) in [5.41, 5.74) is 0. The first kappa shape index (κ1) is 13.5. The summed E-state index contributed by atoms with van der Waals surface area (Å²) in [6.07, 6.45) is 6.65. The maximum atomic E-state index is 11.5. The molecule has 0 aliphatic carbocycles. The normalized spacial score (nSPS) is 21.1. The van der Waals surface area contributed by atoms with Crippen LogP contribution in [0.3, 0.4) is 0 Å². The predicted octanol–water partition coefficient (Wildman–Crippen LogP) is 2.07. The van der Waals surface area contributed by atoms with Crippen LogP contribution in [-0.4, -0.2) is 25.0 Å². The number of amides is 1. The van der Waals surface area contributed by atoms with Gasteiger partial charge in [-0.2, -0.15) is 0 Å². The predicted molar refractivity (Wildman–Crippen MR) is 67.3 cm³/mol. The van der Waals surface area contributed by atoms with Crippen LogP contribution < -0.4 is 10.6 Å². The summed E-state index contributed by atoms with van der Waals surface area (Å²) >= 11 is 0. The molecule has 1 atom stereocenters. The van der Waals surface area contributed by atoms with Crippen molar-refractivity contribution in [3.8, 4) is 0 Å². The Hall–Kier alpha value is -0.570. The van der Waals surface area contributed by atoms with Gasteiger partial charge in [-0.15, -0.1) is 0 Å². The number of hydrogen-bond donors (Lipinski definition) is 2. The number of carbonyl (C=O) groups excluding carboxylic acids is 1. The first-order chi connectivity index (χ1) is 7.68. The zero-order valence-corrected chi connectivity index (χ0v) is 10.7. The average Bonchev–Trinajstić information content (AvgIpc) is 2.28. The Balaban J connectivity index is 1.99. The maximum Gasteiger partial charge on any atom is 0.220 e. The number of carbonyl (C=O) groups is 1. The van der Waals surface area contributed by atoms with Crippen LogP contribution in [0.15, 0.2) is 0 Å². The summed E-state index contributed by atoms with van der Waals surface area (Å²) in [6, 6.07) is 0.624. The molecule has 94 valence electrons. The molecule has 1 saturated heterocycles. The second kappa shape index (κ2) is 7.66. The lowest BCUT2D eigenvalue weighted by Crippen LogP contribution is -2.37. The highest BCUT2D eigenvalue weighted by Gasteiger charge is 2.12. The van der Waals surface area contributed by atoms with E-state index in [1.54, 1.807) is 0 Å². The molecule has 0 aromatic carbocycles. The van der Waals surface area contributed by atoms with Crippen molar-refractivity contribution >= 4 is 5.91 Å². The third kappa shape index (κ3) is 6.11. The molecule has 3 heteroatoms. The van der Waals surface area contributed by atoms with Crippen molar-refractivity contribution in [1.29, 1.82) is 0 Å². The van der Waals surface area contributed by atoms with E-state index in [2.05, 4.69) is 24.5 Å². The van der Waals surface area contributed by atoms with E-state index in [0.717, 1.165) is 25.9 Å². The SMILES string of the molecule is CC(C)CCC(=O)NCCC1CCCCN1. The van der Waals surface area contributed by atoms with Crippen LogP contribution in [0.2, 0.25) is 0 Å². The van der Waals surface area contributed by atoms with Crippen LogP contribution in [0.25, 0.3) is 0 Å². The molecule has 16 heavy (non-hydrogen) atoms. The molecule has 0 saturated carbocycles. The van der Waals surface area contributed by atoms with Crippen molar-refractivity contribution in [2.45, 2.75) is 58.4 Å². The molecule has 1 fully saturated rings. The maximum absolute atomic E-state index is 11.5. The van der Waals surface area contributed by atoms with Crippen molar-refractivity contribution in [2.24, 2.45) is 5.92 Å². The van der Waals surface area contributed by atoms with Gasteiger partial charge in [0.1, 0.15) is 0 Å². The quantitative estimate of drug-likeness (QED) is 0.728. The summed E-state index contributed by atoms with van der Waals surface area (Å²) in [5.74, 6) is 0.829. The molecule has 1 amide bonds. The van der Waals surface area contributed by atoms with Crippen LogP contribution in [0.5, 0.6) is 0 Å². The van der Waals surface area contributed by atoms with E-state index in [0.29, 0.717) is 18.4 Å². The van der Waals surface area contributed by atoms with Crippen LogP contribution in [0, 0.1) is 5.92 Å². The molecule has 1 heterocycles. The molecular weight excluding hydrogens is 200 g/mol. The molecule has 1 aliphatic heterocycles. The smallest absolute Gasteiger partial charge is 0.220 e. The molecule has 1 unspecified atom stereocenters. The Morgan fingerprint density at radius 1 is 1.44 bits per heavy atom. The number of piperidine rings is 1. The summed E-state index contributed by atoms with van der Waals surface area (Å²) in [6.45, 7) is 6.28. The van der Waals surface area contributed by atoms with Gasteiger partial charge in [-0.25, -0.2) is 0 Å². The topological polar surface area (TPSA) is 41.1 Å². The van der Waals surface area contributed by atoms with E-state index in [9.17, 15) is 4.79 Å². The molecule has 0 aromatic rings. The van der Waals surface area contributed by atoms with Gasteiger partial charge in [0, 0.05) is 19.0 Å². The zero-order chi connectivity index (χ0) is 11.8. The highest BCUT2D eigenvalue weighted by atomic mass is 16.1. The monoisotopic (exact) mass is 226 g/mol. The van der Waals surface area contributed by atoms with Crippen LogP contribution in [0.1, 0.15) is 52.4 Å². The van der Waals surface area contributed by atoms with E-state index in [-0.39, 0.29) is 5.91 Å². The van der Waals surface area contributed by atoms with E-state index >= 15 is 0 Å². The Morgan fingerprint density at radius 3 is 2.88 bits per heavy atom. The largest absolute Gasteiger partial charge is 0.356 e. The lowest BCUT2D eigenvalue weighted by atomic mass is 10.0. The third-order valence-electron chi connectivity index (χ3n) is 3.18. The van der Waals surface area contributed by atoms with Crippen molar-refractivity contribution in [3.05, 3.63) is 0 Å². The Kier molecular flexibility index (Phi) is 6.46. The van der Waals surface area contributed by atoms with Gasteiger partial charge in [-0.1, -0.05) is 20.3 Å². The van der Waals surface area contributed by atoms with Crippen LogP contribution in [-0.2, 0) is 4.79 Å². The lowest BCUT2D eigenvalue weighted by molar-refractivity contribution is -0.121. The van der Waals surface area contributed by atoms with E-state index in [1.807, 2.05) is 0 Å². The molecule has 0 aromatic heterocycles. The Labute approximate surface area is 99.4 Å². The third-order valence-corrected chi connectivity index (χ3v) is 3.18. The number of rotatable bonds is 6. The van der Waals surface area contributed by atoms with Gasteiger partial charge in [0.25, 0.3) is 0 Å². The number of nitrogens with one attached hydrogen (secondary N) is 2. The van der Waals surface area contributed by atoms with Gasteiger partial charge in [0.2, 0.25) is 5.91 Å². The van der Waals surface area contributed by atoms with E-state index in [1.165, 1.54) is 19.3 Å². The fourth-order valence-corrected chi connectivity index (χ4v) is 2.06. The van der Waals surface area contributed by atoms with Crippen molar-refractivity contribution < 1.29 is 4.79 Å². The first-order valence-corrected chi connectivity index (χ1v) is 6.68. The molecule has 1 rings (SSSR count). The van der Waals surface area contributed by atoms with Gasteiger partial charge < -0.3 is 10.6 Å². The molecule has 2 N–H and O–H groups in total. The fraction of sp³-hybridized carbons (Fsp3) is 0.923. The molecule has 0 radical (unpaired) electrons. The molecule has 0 spiro atoms. The second-order valence-corrected chi connectivity index (χ2v) is 5.22. The first-order valence-electron chi connectivity index (χ1n) is 6.68. The minimum atomic E-state index is 0.213. The summed E-state index contributed by atoms with van der Waals surface area (Å²) in [5, 5.41) is 6.50. The molecular formula is C13H26N2O. The van der Waals surface area contributed by atoms with Gasteiger partial charge >= 0.3 is 0 Å². The van der Waals surface area contributed by atoms with Crippen LogP contribution >= 0.6 is 0 Å². The number of hydrogen-bond acceptors (Lipinski definition) is 2. The fourth-order valence-electron chi connectivity index (χ4n) is 2.06. The van der Waals surface area contributed by atoms with Crippen LogP contribution in [0.4, 0.5) is 0 Å². The van der Waals surface area contributed by atoms with Crippen molar-refractivity contribution in [2.75, 3.05) is 13.1 Å². The van der Waals surface area contributed by atoms with Crippen molar-refractivity contribution in [1.82, 2.24) is 10.6 Å². The summed E-state index contributed by atoms with van der Waals surface area (Å²) in [7, 11) is 0. The van der Waals surface area contributed by atoms with E-state index in [4.69, 9.17) is 0 Å². The van der Waals surface area contributed by atoms with Gasteiger partial charge in [0.05, 0.1) is 0 Å².